The lowest BCUT2D eigenvalue weighted by molar-refractivity contribution is -0.125. The van der Waals surface area contributed by atoms with E-state index in [2.05, 4.69) is 63.9 Å². The number of benzene rings is 1. The predicted molar refractivity (Wildman–Crippen MR) is 124 cm³/mol. The molecule has 4 aromatic rings. The molecule has 3 aromatic heterocycles. The number of thiophene rings is 1. The molecule has 4 heterocycles. The third-order valence-corrected chi connectivity index (χ3v) is 6.79. The minimum Gasteiger partial charge on any atom is -0.355 e. The third-order valence-electron chi connectivity index (χ3n) is 5.90. The molecule has 6 nitrogen and oxygen atoms in total. The molecule has 1 aliphatic heterocycles. The molecule has 1 aromatic carbocycles. The molecule has 0 spiro atoms. The maximum atomic E-state index is 12.7. The van der Waals surface area contributed by atoms with Crippen molar-refractivity contribution in [2.75, 3.05) is 18.0 Å². The first-order chi connectivity index (χ1) is 15.2. The highest BCUT2D eigenvalue weighted by Gasteiger charge is 2.26. The van der Waals surface area contributed by atoms with Gasteiger partial charge in [0.05, 0.1) is 4.88 Å². The zero-order valence-electron chi connectivity index (χ0n) is 17.5. The molecule has 158 valence electrons. The van der Waals surface area contributed by atoms with E-state index in [1.54, 1.807) is 17.5 Å². The second-order valence-corrected chi connectivity index (χ2v) is 9.00. The minimum absolute atomic E-state index is 0.0491. The summed E-state index contributed by atoms with van der Waals surface area (Å²) in [7, 11) is 0. The first-order valence-electron chi connectivity index (χ1n) is 10.6. The molecule has 7 heteroatoms. The fraction of sp³-hybridized carbons (Fsp3) is 0.292. The van der Waals surface area contributed by atoms with Gasteiger partial charge in [0.25, 0.3) is 0 Å². The highest BCUT2D eigenvalue weighted by Crippen LogP contribution is 2.30. The van der Waals surface area contributed by atoms with E-state index in [0.29, 0.717) is 6.54 Å². The van der Waals surface area contributed by atoms with Crippen molar-refractivity contribution >= 4 is 28.6 Å². The van der Waals surface area contributed by atoms with E-state index in [4.69, 9.17) is 5.10 Å². The Hall–Kier alpha value is -3.19. The smallest absolute Gasteiger partial charge is 0.223 e. The summed E-state index contributed by atoms with van der Waals surface area (Å²) >= 11 is 1.69. The number of carbonyl (C=O) groups is 1. The van der Waals surface area contributed by atoms with Gasteiger partial charge in [0.15, 0.2) is 5.82 Å². The Morgan fingerprint density at radius 2 is 2.00 bits per heavy atom. The zero-order valence-corrected chi connectivity index (χ0v) is 18.3. The van der Waals surface area contributed by atoms with Crippen molar-refractivity contribution in [1.29, 1.82) is 0 Å². The van der Waals surface area contributed by atoms with Crippen LogP contribution >= 0.6 is 11.3 Å². The van der Waals surface area contributed by atoms with Crippen LogP contribution in [-0.4, -0.2) is 33.6 Å². The van der Waals surface area contributed by atoms with E-state index >= 15 is 0 Å². The third kappa shape index (κ3) is 4.18. The number of aryl methyl sites for hydroxylation is 1. The summed E-state index contributed by atoms with van der Waals surface area (Å²) in [5.74, 6) is 1.14. The van der Waals surface area contributed by atoms with E-state index in [1.165, 1.54) is 5.56 Å². The summed E-state index contributed by atoms with van der Waals surface area (Å²) in [5, 5.41) is 9.88. The molecule has 1 amide bonds. The average molecular weight is 432 g/mol. The SMILES string of the molecule is Cc1ccc(CNC(=O)C2CCN(c3nccn4nc(-c5cccs5)cc34)CC2)cc1. The Balaban J connectivity index is 1.23. The standard InChI is InChI=1S/C24H25N5OS/c1-17-4-6-18(7-5-17)16-26-24(30)19-8-11-28(12-9-19)23-21-15-20(22-3-2-14-31-22)27-29(21)13-10-25-23/h2-7,10,13-15,19H,8-9,11-12,16H2,1H3,(H,26,30). The number of nitrogens with one attached hydrogen (secondary N) is 1. The maximum absolute atomic E-state index is 12.7. The molecule has 0 unspecified atom stereocenters. The van der Waals surface area contributed by atoms with Crippen LogP contribution in [0.4, 0.5) is 5.82 Å². The molecule has 1 aliphatic rings. The number of amides is 1. The van der Waals surface area contributed by atoms with Crippen molar-refractivity contribution in [2.24, 2.45) is 5.92 Å². The van der Waals surface area contributed by atoms with Gasteiger partial charge in [0.2, 0.25) is 5.91 Å². The van der Waals surface area contributed by atoms with Gasteiger partial charge in [0.1, 0.15) is 11.2 Å². The summed E-state index contributed by atoms with van der Waals surface area (Å²) < 4.78 is 1.90. The first kappa shape index (κ1) is 19.8. The molecule has 5 rings (SSSR count). The molecule has 1 saturated heterocycles. The molecule has 0 aliphatic carbocycles. The molecule has 1 fully saturated rings. The summed E-state index contributed by atoms with van der Waals surface area (Å²) in [5.41, 5.74) is 4.34. The second kappa shape index (κ2) is 8.51. The van der Waals surface area contributed by atoms with Crippen LogP contribution in [0, 0.1) is 12.8 Å². The maximum Gasteiger partial charge on any atom is 0.223 e. The Morgan fingerprint density at radius 3 is 2.74 bits per heavy atom. The van der Waals surface area contributed by atoms with Gasteiger partial charge in [-0.3, -0.25) is 4.79 Å². The summed E-state index contributed by atoms with van der Waals surface area (Å²) in [6.45, 7) is 4.28. The summed E-state index contributed by atoms with van der Waals surface area (Å²) in [6.07, 6.45) is 5.35. The molecular formula is C24H25N5OS. The molecule has 1 N–H and O–H groups in total. The number of carbonyl (C=O) groups excluding carboxylic acids is 1. The van der Waals surface area contributed by atoms with Gasteiger partial charge in [-0.25, -0.2) is 9.50 Å². The van der Waals surface area contributed by atoms with Crippen molar-refractivity contribution in [3.63, 3.8) is 0 Å². The number of aromatic nitrogens is 3. The summed E-state index contributed by atoms with van der Waals surface area (Å²) in [4.78, 5) is 20.7. The van der Waals surface area contributed by atoms with Gasteiger partial charge in [-0.2, -0.15) is 5.10 Å². The van der Waals surface area contributed by atoms with Crippen LogP contribution in [0.25, 0.3) is 16.1 Å². The van der Waals surface area contributed by atoms with Crippen molar-refractivity contribution in [1.82, 2.24) is 19.9 Å². The summed E-state index contributed by atoms with van der Waals surface area (Å²) in [6, 6.07) is 14.5. The lowest BCUT2D eigenvalue weighted by Crippen LogP contribution is -2.40. The monoisotopic (exact) mass is 431 g/mol. The van der Waals surface area contributed by atoms with Crippen molar-refractivity contribution in [2.45, 2.75) is 26.3 Å². The number of fused-ring (bicyclic) bond motifs is 1. The van der Waals surface area contributed by atoms with Crippen LogP contribution in [0.3, 0.4) is 0 Å². The molecule has 0 saturated carbocycles. The van der Waals surface area contributed by atoms with Crippen molar-refractivity contribution in [3.05, 3.63) is 71.4 Å². The molecule has 0 radical (unpaired) electrons. The van der Waals surface area contributed by atoms with Crippen LogP contribution in [-0.2, 0) is 11.3 Å². The van der Waals surface area contributed by atoms with Crippen molar-refractivity contribution < 1.29 is 4.79 Å². The number of hydrogen-bond acceptors (Lipinski definition) is 5. The van der Waals surface area contributed by atoms with E-state index in [9.17, 15) is 4.79 Å². The highest BCUT2D eigenvalue weighted by molar-refractivity contribution is 7.13. The molecular weight excluding hydrogens is 406 g/mol. The number of rotatable bonds is 5. The number of hydrogen-bond donors (Lipinski definition) is 1. The Kier molecular flexibility index (Phi) is 5.42. The van der Waals surface area contributed by atoms with Gasteiger partial charge in [-0.15, -0.1) is 11.3 Å². The lowest BCUT2D eigenvalue weighted by Gasteiger charge is -2.32. The van der Waals surface area contributed by atoms with Gasteiger partial charge >= 0.3 is 0 Å². The fourth-order valence-electron chi connectivity index (χ4n) is 4.09. The van der Waals surface area contributed by atoms with Gasteiger partial charge < -0.3 is 10.2 Å². The quantitative estimate of drug-likeness (QED) is 0.512. The zero-order chi connectivity index (χ0) is 21.2. The average Bonchev–Trinajstić information content (AvgIpc) is 3.48. The fourth-order valence-corrected chi connectivity index (χ4v) is 4.77. The van der Waals surface area contributed by atoms with E-state index < -0.39 is 0 Å². The normalized spacial score (nSPS) is 14.8. The number of anilines is 1. The van der Waals surface area contributed by atoms with Gasteiger partial charge in [-0.1, -0.05) is 35.9 Å². The van der Waals surface area contributed by atoms with Crippen LogP contribution in [0.15, 0.2) is 60.2 Å². The van der Waals surface area contributed by atoms with E-state index in [1.807, 2.05) is 16.8 Å². The van der Waals surface area contributed by atoms with E-state index in [-0.39, 0.29) is 11.8 Å². The van der Waals surface area contributed by atoms with Crippen LogP contribution in [0.1, 0.15) is 24.0 Å². The highest BCUT2D eigenvalue weighted by atomic mass is 32.1. The Morgan fingerprint density at radius 1 is 1.19 bits per heavy atom. The topological polar surface area (TPSA) is 62.5 Å². The Bertz CT molecular complexity index is 1170. The largest absolute Gasteiger partial charge is 0.355 e. The van der Waals surface area contributed by atoms with E-state index in [0.717, 1.165) is 53.4 Å². The van der Waals surface area contributed by atoms with Crippen molar-refractivity contribution in [3.8, 4) is 10.6 Å². The minimum atomic E-state index is 0.0491. The van der Waals surface area contributed by atoms with Gasteiger partial charge in [-0.05, 0) is 42.8 Å². The molecule has 0 bridgehead atoms. The number of piperidine rings is 1. The molecule has 0 atom stereocenters. The van der Waals surface area contributed by atoms with Gasteiger partial charge in [0, 0.05) is 37.9 Å². The van der Waals surface area contributed by atoms with Crippen LogP contribution < -0.4 is 10.2 Å². The Labute approximate surface area is 185 Å². The number of nitrogens with zero attached hydrogens (tertiary/aromatic N) is 4. The second-order valence-electron chi connectivity index (χ2n) is 8.05. The van der Waals surface area contributed by atoms with Crippen LogP contribution in [0.5, 0.6) is 0 Å². The lowest BCUT2D eigenvalue weighted by atomic mass is 9.95. The molecule has 31 heavy (non-hydrogen) atoms. The first-order valence-corrected chi connectivity index (χ1v) is 11.5. The van der Waals surface area contributed by atoms with Crippen LogP contribution in [0.2, 0.25) is 0 Å². The predicted octanol–water partition coefficient (Wildman–Crippen LogP) is 4.30.